The minimum Gasteiger partial charge on any atom is -0.497 e. The smallest absolute Gasteiger partial charge is 0.261 e. The molecule has 3 aromatic rings. The van der Waals surface area contributed by atoms with Crippen molar-refractivity contribution in [1.82, 2.24) is 9.62 Å². The van der Waals surface area contributed by atoms with Crippen LogP contribution < -0.4 is 19.5 Å². The quantitative estimate of drug-likeness (QED) is 0.347. The Labute approximate surface area is 233 Å². The molecule has 10 nitrogen and oxygen atoms in total. The average molecular weight is 594 g/mol. The van der Waals surface area contributed by atoms with E-state index in [1.807, 2.05) is 0 Å². The topological polar surface area (TPSA) is 131 Å². The Hall–Kier alpha value is -3.32. The molecule has 2 N–H and O–H groups in total. The van der Waals surface area contributed by atoms with Crippen molar-refractivity contribution in [1.29, 1.82) is 0 Å². The van der Waals surface area contributed by atoms with Gasteiger partial charge in [0.25, 0.3) is 15.9 Å². The largest absolute Gasteiger partial charge is 0.497 e. The number of sulfonamides is 2. The molecule has 0 bridgehead atoms. The lowest BCUT2D eigenvalue weighted by Crippen LogP contribution is -2.29. The van der Waals surface area contributed by atoms with Gasteiger partial charge >= 0.3 is 0 Å². The number of ether oxygens (including phenoxy) is 2. The summed E-state index contributed by atoms with van der Waals surface area (Å²) in [6.45, 7) is 0.887. The minimum atomic E-state index is -3.91. The summed E-state index contributed by atoms with van der Waals surface area (Å²) >= 11 is 6.22. The monoisotopic (exact) mass is 593 g/mol. The van der Waals surface area contributed by atoms with Crippen LogP contribution in [0.5, 0.6) is 11.5 Å². The highest BCUT2D eigenvalue weighted by Gasteiger charge is 2.27. The molecular formula is C26H28ClN3O7S2. The molecule has 208 valence electrons. The molecule has 3 aromatic carbocycles. The molecule has 0 aliphatic carbocycles. The number of rotatable bonds is 11. The number of nitrogens with one attached hydrogen (secondary N) is 2. The van der Waals surface area contributed by atoms with Gasteiger partial charge in [0, 0.05) is 25.3 Å². The summed E-state index contributed by atoms with van der Waals surface area (Å²) in [5.74, 6) is 0.303. The zero-order valence-corrected chi connectivity index (χ0v) is 23.5. The summed E-state index contributed by atoms with van der Waals surface area (Å²) in [7, 11) is -5.89. The fraction of sp³-hybridized carbons (Fsp3) is 0.269. The number of methoxy groups -OCH3 is 1. The molecule has 0 radical (unpaired) electrons. The van der Waals surface area contributed by atoms with E-state index in [1.165, 1.54) is 41.7 Å². The summed E-state index contributed by atoms with van der Waals surface area (Å²) in [5, 5.41) is 2.71. The van der Waals surface area contributed by atoms with Crippen LogP contribution in [0.1, 0.15) is 18.4 Å². The van der Waals surface area contributed by atoms with Crippen molar-refractivity contribution in [2.45, 2.75) is 29.2 Å². The fourth-order valence-electron chi connectivity index (χ4n) is 3.89. The van der Waals surface area contributed by atoms with E-state index in [9.17, 15) is 21.6 Å². The van der Waals surface area contributed by atoms with Gasteiger partial charge in [0.15, 0.2) is 6.61 Å². The molecule has 1 heterocycles. The van der Waals surface area contributed by atoms with Gasteiger partial charge < -0.3 is 14.8 Å². The molecule has 0 aromatic heterocycles. The number of amides is 1. The van der Waals surface area contributed by atoms with Crippen molar-refractivity contribution >= 4 is 43.2 Å². The molecule has 0 spiro atoms. The maximum absolute atomic E-state index is 12.7. The van der Waals surface area contributed by atoms with E-state index < -0.39 is 26.0 Å². The Morgan fingerprint density at radius 3 is 2.18 bits per heavy atom. The highest BCUT2D eigenvalue weighted by Crippen LogP contribution is 2.29. The van der Waals surface area contributed by atoms with Gasteiger partial charge in [0.2, 0.25) is 10.0 Å². The summed E-state index contributed by atoms with van der Waals surface area (Å²) in [6, 6.07) is 16.7. The minimum absolute atomic E-state index is 0.0233. The first kappa shape index (κ1) is 28.7. The zero-order chi connectivity index (χ0) is 28.0. The number of hydrogen-bond acceptors (Lipinski definition) is 7. The van der Waals surface area contributed by atoms with E-state index in [4.69, 9.17) is 21.1 Å². The number of hydrogen-bond donors (Lipinski definition) is 2. The second-order valence-corrected chi connectivity index (χ2v) is 12.8. The van der Waals surface area contributed by atoms with Crippen LogP contribution in [-0.4, -0.2) is 53.9 Å². The molecule has 1 saturated heterocycles. The van der Waals surface area contributed by atoms with Crippen LogP contribution in [0, 0.1) is 0 Å². The Bertz CT molecular complexity index is 1520. The molecular weight excluding hydrogens is 566 g/mol. The molecule has 1 aliphatic heterocycles. The number of halogens is 1. The molecule has 1 amide bonds. The van der Waals surface area contributed by atoms with Crippen molar-refractivity contribution in [3.05, 3.63) is 77.3 Å². The normalized spacial score (nSPS) is 14.1. The molecule has 0 saturated carbocycles. The van der Waals surface area contributed by atoms with Gasteiger partial charge in [0.1, 0.15) is 11.5 Å². The third-order valence-corrected chi connectivity index (χ3v) is 9.62. The Kier molecular flexibility index (Phi) is 9.01. The first-order valence-corrected chi connectivity index (χ1v) is 15.3. The summed E-state index contributed by atoms with van der Waals surface area (Å²) in [4.78, 5) is 12.4. The first-order valence-electron chi connectivity index (χ1n) is 12.0. The molecule has 13 heteroatoms. The third kappa shape index (κ3) is 7.21. The van der Waals surface area contributed by atoms with Gasteiger partial charge in [-0.25, -0.2) is 16.8 Å². The molecule has 0 atom stereocenters. The standard InChI is InChI=1S/C26H28ClN3O7S2/c1-36-21-8-6-20(7-9-21)29-38(32,33)23-12-13-25(24(27)16-23)37-18-26(31)28-17-19-4-10-22(11-5-19)39(34,35)30-14-2-3-15-30/h4-13,16,29H,2-3,14-15,17-18H2,1H3,(H,28,31). The van der Waals surface area contributed by atoms with Gasteiger partial charge in [-0.15, -0.1) is 0 Å². The second-order valence-electron chi connectivity index (χ2n) is 8.75. The van der Waals surface area contributed by atoms with Gasteiger partial charge in [-0.1, -0.05) is 23.7 Å². The molecule has 1 aliphatic rings. The van der Waals surface area contributed by atoms with Crippen LogP contribution in [0.3, 0.4) is 0 Å². The Balaban J connectivity index is 1.29. The van der Waals surface area contributed by atoms with Gasteiger partial charge in [0.05, 0.1) is 21.9 Å². The van der Waals surface area contributed by atoms with Crippen molar-refractivity contribution < 1.29 is 31.1 Å². The van der Waals surface area contributed by atoms with Crippen molar-refractivity contribution in [3.8, 4) is 11.5 Å². The van der Waals surface area contributed by atoms with E-state index in [-0.39, 0.29) is 33.7 Å². The highest BCUT2D eigenvalue weighted by atomic mass is 35.5. The first-order chi connectivity index (χ1) is 18.6. The van der Waals surface area contributed by atoms with E-state index in [2.05, 4.69) is 10.0 Å². The zero-order valence-electron chi connectivity index (χ0n) is 21.1. The predicted molar refractivity (Wildman–Crippen MR) is 147 cm³/mol. The van der Waals surface area contributed by atoms with Gasteiger partial charge in [-0.2, -0.15) is 4.31 Å². The van der Waals surface area contributed by atoms with Crippen LogP contribution in [0.15, 0.2) is 76.5 Å². The predicted octanol–water partition coefficient (Wildman–Crippen LogP) is 3.63. The van der Waals surface area contributed by atoms with Crippen LogP contribution in [0.25, 0.3) is 0 Å². The summed E-state index contributed by atoms with van der Waals surface area (Å²) in [6.07, 6.45) is 1.73. The summed E-state index contributed by atoms with van der Waals surface area (Å²) in [5.41, 5.74) is 1.08. The van der Waals surface area contributed by atoms with Crippen LogP contribution in [-0.2, 0) is 31.4 Å². The Morgan fingerprint density at radius 2 is 1.56 bits per heavy atom. The molecule has 4 rings (SSSR count). The molecule has 39 heavy (non-hydrogen) atoms. The van der Waals surface area contributed by atoms with Crippen molar-refractivity contribution in [2.24, 2.45) is 0 Å². The maximum Gasteiger partial charge on any atom is 0.261 e. The fourth-order valence-corrected chi connectivity index (χ4v) is 6.79. The lowest BCUT2D eigenvalue weighted by molar-refractivity contribution is -0.123. The van der Waals surface area contributed by atoms with Crippen molar-refractivity contribution in [3.63, 3.8) is 0 Å². The second kappa shape index (κ2) is 12.2. The van der Waals surface area contributed by atoms with E-state index in [0.29, 0.717) is 24.5 Å². The van der Waals surface area contributed by atoms with E-state index >= 15 is 0 Å². The van der Waals surface area contributed by atoms with E-state index in [0.717, 1.165) is 18.4 Å². The van der Waals surface area contributed by atoms with Gasteiger partial charge in [-0.05, 0) is 73.0 Å². The number of anilines is 1. The Morgan fingerprint density at radius 1 is 0.923 bits per heavy atom. The lowest BCUT2D eigenvalue weighted by atomic mass is 10.2. The SMILES string of the molecule is COc1ccc(NS(=O)(=O)c2ccc(OCC(=O)NCc3ccc(S(=O)(=O)N4CCCC4)cc3)c(Cl)c2)cc1. The highest BCUT2D eigenvalue weighted by molar-refractivity contribution is 7.92. The van der Waals surface area contributed by atoms with E-state index in [1.54, 1.807) is 36.4 Å². The van der Waals surface area contributed by atoms with Gasteiger partial charge in [-0.3, -0.25) is 9.52 Å². The average Bonchev–Trinajstić information content (AvgIpc) is 3.48. The van der Waals surface area contributed by atoms with Crippen molar-refractivity contribution in [2.75, 3.05) is 31.5 Å². The molecule has 0 unspecified atom stereocenters. The number of carbonyl (C=O) groups is 1. The third-order valence-electron chi connectivity index (χ3n) is 6.03. The number of nitrogens with zero attached hydrogens (tertiary/aromatic N) is 1. The summed E-state index contributed by atoms with van der Waals surface area (Å²) < 4.78 is 65.1. The van der Waals surface area contributed by atoms with Crippen LogP contribution in [0.4, 0.5) is 5.69 Å². The van der Waals surface area contributed by atoms with Crippen LogP contribution >= 0.6 is 11.6 Å². The lowest BCUT2D eigenvalue weighted by Gasteiger charge is -2.15. The maximum atomic E-state index is 12.7. The van der Waals surface area contributed by atoms with Crippen LogP contribution in [0.2, 0.25) is 5.02 Å². The molecule has 1 fully saturated rings. The number of benzene rings is 3. The number of carbonyl (C=O) groups excluding carboxylic acids is 1.